The molecule has 0 spiro atoms. The van der Waals surface area contributed by atoms with Gasteiger partial charge in [0.1, 0.15) is 17.9 Å². The zero-order valence-corrected chi connectivity index (χ0v) is 15.9. The lowest BCUT2D eigenvalue weighted by molar-refractivity contribution is -0.144. The largest absolute Gasteiger partial charge is 0.406 e. The summed E-state index contributed by atoms with van der Waals surface area (Å²) in [5.41, 5.74) is 1.53. The lowest BCUT2D eigenvalue weighted by Gasteiger charge is -2.38. The molecule has 1 aliphatic rings. The second-order valence-corrected chi connectivity index (χ2v) is 7.36. The number of hydrogen-bond donors (Lipinski definition) is 1. The second-order valence-electron chi connectivity index (χ2n) is 7.01. The molecule has 1 aliphatic heterocycles. The summed E-state index contributed by atoms with van der Waals surface area (Å²) in [6, 6.07) is 6.49. The molecule has 1 N–H and O–H groups in total. The molecule has 3 rings (SSSR count). The minimum atomic E-state index is -4.55. The van der Waals surface area contributed by atoms with E-state index in [-0.39, 0.29) is 16.6 Å². The molecule has 0 radical (unpaired) electrons. The number of alkyl halides is 3. The van der Waals surface area contributed by atoms with E-state index in [9.17, 15) is 18.0 Å². The van der Waals surface area contributed by atoms with Crippen LogP contribution in [-0.2, 0) is 6.54 Å². The third kappa shape index (κ3) is 3.90. The molecule has 0 saturated heterocycles. The molecular weight excluding hydrogens is 381 g/mol. The fourth-order valence-electron chi connectivity index (χ4n) is 3.22. The summed E-state index contributed by atoms with van der Waals surface area (Å²) < 4.78 is 41.1. The molecule has 0 fully saturated rings. The zero-order valence-electron chi connectivity index (χ0n) is 15.1. The second kappa shape index (κ2) is 7.07. The van der Waals surface area contributed by atoms with Crippen molar-refractivity contribution in [2.24, 2.45) is 5.92 Å². The van der Waals surface area contributed by atoms with E-state index in [0.29, 0.717) is 23.5 Å². The van der Waals surface area contributed by atoms with Crippen LogP contribution in [0.1, 0.15) is 41.6 Å². The van der Waals surface area contributed by atoms with Crippen molar-refractivity contribution in [3.63, 3.8) is 0 Å². The lowest BCUT2D eigenvalue weighted by atomic mass is 10.0. The average molecular weight is 401 g/mol. The number of nitrogens with zero attached hydrogens (tertiary/aromatic N) is 3. The number of nitrogens with one attached hydrogen (secondary N) is 1. The van der Waals surface area contributed by atoms with Gasteiger partial charge in [-0.1, -0.05) is 37.6 Å². The van der Waals surface area contributed by atoms with Gasteiger partial charge in [0.05, 0.1) is 16.8 Å². The fourth-order valence-corrected chi connectivity index (χ4v) is 3.57. The van der Waals surface area contributed by atoms with Gasteiger partial charge in [0, 0.05) is 12.2 Å². The number of fused-ring (bicyclic) bond motifs is 1. The van der Waals surface area contributed by atoms with Gasteiger partial charge >= 0.3 is 6.18 Å². The highest BCUT2D eigenvalue weighted by Gasteiger charge is 2.42. The predicted octanol–water partition coefficient (Wildman–Crippen LogP) is 4.63. The van der Waals surface area contributed by atoms with Crippen molar-refractivity contribution >= 4 is 23.2 Å². The summed E-state index contributed by atoms with van der Waals surface area (Å²) in [5, 5.41) is 7.63. The predicted molar refractivity (Wildman–Crippen MR) is 96.7 cm³/mol. The Balaban J connectivity index is 2.09. The van der Waals surface area contributed by atoms with E-state index in [1.165, 1.54) is 6.07 Å². The van der Waals surface area contributed by atoms with Crippen molar-refractivity contribution in [1.29, 1.82) is 0 Å². The average Bonchev–Trinajstić information content (AvgIpc) is 2.82. The van der Waals surface area contributed by atoms with Gasteiger partial charge in [-0.15, -0.1) is 0 Å². The Bertz CT molecular complexity index is 863. The standard InChI is InChI=1S/C18H20ClF3N4O/c1-10(2)8-26-15(19)14(11(3)24-26)16-23-13-7-5-4-6-12(13)17(27)25(16)9-18(20,21)22/h4-7,10,16,23H,8-9H2,1-3H3/t16-/m1/s1. The molecule has 5 nitrogen and oxygen atoms in total. The van der Waals surface area contributed by atoms with Crippen LogP contribution in [0.3, 0.4) is 0 Å². The zero-order chi connectivity index (χ0) is 19.9. The van der Waals surface area contributed by atoms with Crippen LogP contribution in [0, 0.1) is 12.8 Å². The highest BCUT2D eigenvalue weighted by molar-refractivity contribution is 6.30. The maximum Gasteiger partial charge on any atom is 0.406 e. The third-order valence-electron chi connectivity index (χ3n) is 4.29. The summed E-state index contributed by atoms with van der Waals surface area (Å²) in [6.07, 6.45) is -5.60. The third-order valence-corrected chi connectivity index (χ3v) is 4.69. The lowest BCUT2D eigenvalue weighted by Crippen LogP contribution is -2.47. The number of benzene rings is 1. The Kier molecular flexibility index (Phi) is 5.12. The van der Waals surface area contributed by atoms with Gasteiger partial charge in [-0.3, -0.25) is 9.48 Å². The Morgan fingerprint density at radius 2 is 1.96 bits per heavy atom. The van der Waals surface area contributed by atoms with Gasteiger partial charge in [-0.05, 0) is 25.0 Å². The van der Waals surface area contributed by atoms with E-state index in [2.05, 4.69) is 10.4 Å². The molecule has 9 heteroatoms. The van der Waals surface area contributed by atoms with E-state index >= 15 is 0 Å². The van der Waals surface area contributed by atoms with Gasteiger partial charge in [-0.2, -0.15) is 18.3 Å². The molecule has 1 aromatic carbocycles. The summed E-state index contributed by atoms with van der Waals surface area (Å²) in [7, 11) is 0. The normalized spacial score (nSPS) is 17.3. The molecule has 2 heterocycles. The minimum Gasteiger partial charge on any atom is -0.361 e. The van der Waals surface area contributed by atoms with Crippen LogP contribution in [0.2, 0.25) is 5.15 Å². The molecule has 0 aliphatic carbocycles. The number of halogens is 4. The molecule has 27 heavy (non-hydrogen) atoms. The van der Waals surface area contributed by atoms with E-state index in [4.69, 9.17) is 11.6 Å². The number of amides is 1. The summed E-state index contributed by atoms with van der Waals surface area (Å²) in [5.74, 6) is -0.443. The van der Waals surface area contributed by atoms with Crippen LogP contribution >= 0.6 is 11.6 Å². The van der Waals surface area contributed by atoms with Gasteiger partial charge < -0.3 is 10.2 Å². The Morgan fingerprint density at radius 3 is 2.59 bits per heavy atom. The number of aryl methyl sites for hydroxylation is 1. The van der Waals surface area contributed by atoms with Crippen LogP contribution in [-0.4, -0.2) is 33.3 Å². The summed E-state index contributed by atoms with van der Waals surface area (Å²) >= 11 is 6.46. The fraction of sp³-hybridized carbons (Fsp3) is 0.444. The Hall–Kier alpha value is -2.22. The van der Waals surface area contributed by atoms with Crippen molar-refractivity contribution in [3.8, 4) is 0 Å². The molecule has 0 bridgehead atoms. The molecule has 1 atom stereocenters. The van der Waals surface area contributed by atoms with Crippen LogP contribution in [0.15, 0.2) is 24.3 Å². The van der Waals surface area contributed by atoms with E-state index in [0.717, 1.165) is 4.90 Å². The smallest absolute Gasteiger partial charge is 0.361 e. The molecule has 2 aromatic rings. The molecule has 0 saturated carbocycles. The monoisotopic (exact) mass is 400 g/mol. The number of rotatable bonds is 4. The van der Waals surface area contributed by atoms with Gasteiger partial charge in [0.2, 0.25) is 0 Å². The minimum absolute atomic E-state index is 0.196. The highest BCUT2D eigenvalue weighted by atomic mass is 35.5. The first-order valence-corrected chi connectivity index (χ1v) is 8.92. The van der Waals surface area contributed by atoms with Crippen molar-refractivity contribution < 1.29 is 18.0 Å². The van der Waals surface area contributed by atoms with E-state index in [1.807, 2.05) is 13.8 Å². The van der Waals surface area contributed by atoms with Crippen LogP contribution in [0.25, 0.3) is 0 Å². The van der Waals surface area contributed by atoms with Crippen LogP contribution in [0.4, 0.5) is 18.9 Å². The number of carbonyl (C=O) groups excluding carboxylic acids is 1. The molecule has 1 amide bonds. The van der Waals surface area contributed by atoms with Crippen molar-refractivity contribution in [3.05, 3.63) is 46.2 Å². The van der Waals surface area contributed by atoms with Crippen molar-refractivity contribution in [1.82, 2.24) is 14.7 Å². The first-order chi connectivity index (χ1) is 12.6. The van der Waals surface area contributed by atoms with Crippen molar-refractivity contribution in [2.75, 3.05) is 11.9 Å². The number of carbonyl (C=O) groups is 1. The maximum absolute atomic E-state index is 13.2. The van der Waals surface area contributed by atoms with Crippen LogP contribution in [0.5, 0.6) is 0 Å². The van der Waals surface area contributed by atoms with E-state index in [1.54, 1.807) is 29.8 Å². The van der Waals surface area contributed by atoms with Crippen molar-refractivity contribution in [2.45, 2.75) is 39.7 Å². The summed E-state index contributed by atoms with van der Waals surface area (Å²) in [4.78, 5) is 13.6. The maximum atomic E-state index is 13.2. The first-order valence-electron chi connectivity index (χ1n) is 8.54. The Labute approximate surface area is 160 Å². The molecule has 146 valence electrons. The molecule has 1 aromatic heterocycles. The number of hydrogen-bond acceptors (Lipinski definition) is 3. The van der Waals surface area contributed by atoms with Gasteiger partial charge in [0.15, 0.2) is 0 Å². The van der Waals surface area contributed by atoms with Gasteiger partial charge in [-0.25, -0.2) is 0 Å². The topological polar surface area (TPSA) is 50.2 Å². The summed E-state index contributed by atoms with van der Waals surface area (Å²) in [6.45, 7) is 4.79. The van der Waals surface area contributed by atoms with E-state index < -0.39 is 24.8 Å². The number of para-hydroxylation sites is 1. The van der Waals surface area contributed by atoms with Crippen LogP contribution < -0.4 is 5.32 Å². The Morgan fingerprint density at radius 1 is 1.30 bits per heavy atom. The van der Waals surface area contributed by atoms with Gasteiger partial charge in [0.25, 0.3) is 5.91 Å². The number of aromatic nitrogens is 2. The SMILES string of the molecule is Cc1nn(CC(C)C)c(Cl)c1[C@@H]1Nc2ccccc2C(=O)N1CC(F)(F)F. The molecule has 0 unspecified atom stereocenters. The number of anilines is 1. The molecular formula is C18H20ClF3N4O. The highest BCUT2D eigenvalue weighted by Crippen LogP contribution is 2.38. The first kappa shape index (κ1) is 19.5. The quantitative estimate of drug-likeness (QED) is 0.814.